The maximum absolute atomic E-state index is 13.0. The van der Waals surface area contributed by atoms with Crippen molar-refractivity contribution in [2.45, 2.75) is 30.2 Å². The first-order valence-corrected chi connectivity index (χ1v) is 11.9. The molecule has 5 nitrogen and oxygen atoms in total. The number of methoxy groups -OCH3 is 1. The molecule has 1 unspecified atom stereocenters. The van der Waals surface area contributed by atoms with Crippen molar-refractivity contribution in [1.82, 2.24) is 9.62 Å². The van der Waals surface area contributed by atoms with Gasteiger partial charge < -0.3 is 4.74 Å². The van der Waals surface area contributed by atoms with Gasteiger partial charge in [0, 0.05) is 12.6 Å². The van der Waals surface area contributed by atoms with Crippen molar-refractivity contribution in [3.8, 4) is 5.75 Å². The summed E-state index contributed by atoms with van der Waals surface area (Å²) >= 11 is 0. The lowest BCUT2D eigenvalue weighted by atomic mass is 10.0. The van der Waals surface area contributed by atoms with Gasteiger partial charge in [0.15, 0.2) is 0 Å². The van der Waals surface area contributed by atoms with E-state index in [1.807, 2.05) is 54.6 Å². The molecule has 30 heavy (non-hydrogen) atoms. The average Bonchev–Trinajstić information content (AvgIpc) is 2.80. The Morgan fingerprint density at radius 3 is 2.33 bits per heavy atom. The van der Waals surface area contributed by atoms with Crippen LogP contribution in [0.4, 0.5) is 0 Å². The third-order valence-electron chi connectivity index (χ3n) is 5.83. The fourth-order valence-corrected chi connectivity index (χ4v) is 5.19. The van der Waals surface area contributed by atoms with Crippen LogP contribution < -0.4 is 9.46 Å². The highest BCUT2D eigenvalue weighted by molar-refractivity contribution is 7.89. The number of nitrogens with one attached hydrogen (secondary N) is 1. The summed E-state index contributed by atoms with van der Waals surface area (Å²) in [7, 11) is -1.96. The Bertz CT molecular complexity index is 1090. The molecule has 158 valence electrons. The fourth-order valence-electron chi connectivity index (χ4n) is 4.12. The number of nitrogens with zero attached hydrogens (tertiary/aromatic N) is 1. The molecule has 1 saturated heterocycles. The molecular formula is C24H28N2O3S. The number of benzene rings is 3. The molecule has 1 N–H and O–H groups in total. The molecule has 0 spiro atoms. The number of fused-ring (bicyclic) bond motifs is 1. The Labute approximate surface area is 178 Å². The summed E-state index contributed by atoms with van der Waals surface area (Å²) in [6, 6.07) is 21.0. The zero-order valence-electron chi connectivity index (χ0n) is 17.3. The van der Waals surface area contributed by atoms with E-state index in [0.717, 1.165) is 48.0 Å². The van der Waals surface area contributed by atoms with Gasteiger partial charge in [0.2, 0.25) is 10.0 Å². The van der Waals surface area contributed by atoms with E-state index in [9.17, 15) is 8.42 Å². The highest BCUT2D eigenvalue weighted by Crippen LogP contribution is 2.27. The van der Waals surface area contributed by atoms with Gasteiger partial charge in [-0.05, 0) is 66.5 Å². The van der Waals surface area contributed by atoms with E-state index in [0.29, 0.717) is 11.4 Å². The van der Waals surface area contributed by atoms with Crippen molar-refractivity contribution in [3.63, 3.8) is 0 Å². The molecule has 1 atom stereocenters. The normalized spacial score (nSPS) is 16.4. The number of ether oxygens (including phenoxy) is 1. The van der Waals surface area contributed by atoms with Gasteiger partial charge in [-0.1, -0.05) is 48.9 Å². The van der Waals surface area contributed by atoms with Crippen molar-refractivity contribution in [2.24, 2.45) is 0 Å². The summed E-state index contributed by atoms with van der Waals surface area (Å²) in [5.74, 6) is 0.799. The lowest BCUT2D eigenvalue weighted by Crippen LogP contribution is -2.40. The number of sulfonamides is 1. The summed E-state index contributed by atoms with van der Waals surface area (Å²) in [5, 5.41) is 1.95. The highest BCUT2D eigenvalue weighted by Gasteiger charge is 2.25. The van der Waals surface area contributed by atoms with E-state index in [2.05, 4.69) is 9.62 Å². The third kappa shape index (κ3) is 4.67. The average molecular weight is 425 g/mol. The molecule has 0 saturated carbocycles. The zero-order chi connectivity index (χ0) is 21.0. The molecule has 0 bridgehead atoms. The van der Waals surface area contributed by atoms with Gasteiger partial charge in [0.1, 0.15) is 5.75 Å². The molecule has 0 aromatic heterocycles. The van der Waals surface area contributed by atoms with Crippen LogP contribution in [0.25, 0.3) is 10.8 Å². The molecule has 0 radical (unpaired) electrons. The summed E-state index contributed by atoms with van der Waals surface area (Å²) in [5.41, 5.74) is 1.10. The fraction of sp³-hybridized carbons (Fsp3) is 0.333. The van der Waals surface area contributed by atoms with E-state index >= 15 is 0 Å². The summed E-state index contributed by atoms with van der Waals surface area (Å²) in [4.78, 5) is 2.68. The van der Waals surface area contributed by atoms with E-state index in [4.69, 9.17) is 4.74 Å². The molecule has 4 rings (SSSR count). The van der Waals surface area contributed by atoms with Crippen molar-refractivity contribution in [1.29, 1.82) is 0 Å². The molecule has 6 heteroatoms. The second-order valence-corrected chi connectivity index (χ2v) is 9.51. The molecule has 1 fully saturated rings. The minimum atomic E-state index is -3.61. The molecule has 1 aliphatic heterocycles. The molecule has 0 aliphatic carbocycles. The summed E-state index contributed by atoms with van der Waals surface area (Å²) in [6.07, 6.45) is 3.52. The van der Waals surface area contributed by atoms with E-state index in [1.54, 1.807) is 19.2 Å². The van der Waals surface area contributed by atoms with Gasteiger partial charge in [-0.25, -0.2) is 13.1 Å². The van der Waals surface area contributed by atoms with Crippen LogP contribution in [0.2, 0.25) is 0 Å². The maximum Gasteiger partial charge on any atom is 0.240 e. The first-order chi connectivity index (χ1) is 14.6. The second-order valence-electron chi connectivity index (χ2n) is 7.75. The summed E-state index contributed by atoms with van der Waals surface area (Å²) < 4.78 is 34.2. The Morgan fingerprint density at radius 1 is 0.933 bits per heavy atom. The lowest BCUT2D eigenvalue weighted by molar-refractivity contribution is 0.164. The largest absolute Gasteiger partial charge is 0.497 e. The van der Waals surface area contributed by atoms with Gasteiger partial charge in [-0.2, -0.15) is 0 Å². The van der Waals surface area contributed by atoms with Crippen LogP contribution in [0.1, 0.15) is 30.9 Å². The number of piperidine rings is 1. The minimum absolute atomic E-state index is 0.00793. The van der Waals surface area contributed by atoms with Gasteiger partial charge in [-0.3, -0.25) is 4.90 Å². The molecule has 3 aromatic rings. The topological polar surface area (TPSA) is 58.6 Å². The predicted molar refractivity (Wildman–Crippen MR) is 120 cm³/mol. The van der Waals surface area contributed by atoms with Gasteiger partial charge in [-0.15, -0.1) is 0 Å². The van der Waals surface area contributed by atoms with Crippen LogP contribution in [0, 0.1) is 0 Å². The van der Waals surface area contributed by atoms with E-state index < -0.39 is 10.0 Å². The van der Waals surface area contributed by atoms with Crippen molar-refractivity contribution >= 4 is 20.8 Å². The monoisotopic (exact) mass is 424 g/mol. The van der Waals surface area contributed by atoms with Crippen LogP contribution in [-0.4, -0.2) is 40.1 Å². The quantitative estimate of drug-likeness (QED) is 0.612. The summed E-state index contributed by atoms with van der Waals surface area (Å²) in [6.45, 7) is 2.30. The molecule has 3 aromatic carbocycles. The Morgan fingerprint density at radius 2 is 1.63 bits per heavy atom. The lowest BCUT2D eigenvalue weighted by Gasteiger charge is -2.35. The van der Waals surface area contributed by atoms with Crippen LogP contribution in [-0.2, 0) is 10.0 Å². The number of hydrogen-bond acceptors (Lipinski definition) is 4. The Hall–Kier alpha value is -2.41. The van der Waals surface area contributed by atoms with Crippen LogP contribution in [0.5, 0.6) is 5.75 Å². The molecule has 1 aliphatic rings. The van der Waals surface area contributed by atoms with Crippen molar-refractivity contribution < 1.29 is 13.2 Å². The highest BCUT2D eigenvalue weighted by atomic mass is 32.2. The number of likely N-dealkylation sites (tertiary alicyclic amines) is 1. The standard InChI is InChI=1S/C24H28N2O3S/c1-29-22-12-9-20(10-13-22)24(26-15-5-2-6-16-26)18-25-30(27,28)23-14-11-19-7-3-4-8-21(19)17-23/h3-4,7-14,17,24-25H,2,5-6,15-16,18H2,1H3. The smallest absolute Gasteiger partial charge is 0.240 e. The van der Waals surface area contributed by atoms with Crippen LogP contribution >= 0.6 is 0 Å². The van der Waals surface area contributed by atoms with Crippen LogP contribution in [0.3, 0.4) is 0 Å². The number of hydrogen-bond donors (Lipinski definition) is 1. The third-order valence-corrected chi connectivity index (χ3v) is 7.25. The maximum atomic E-state index is 13.0. The van der Waals surface area contributed by atoms with Gasteiger partial charge in [0.25, 0.3) is 0 Å². The van der Waals surface area contributed by atoms with Crippen LogP contribution in [0.15, 0.2) is 71.6 Å². The predicted octanol–water partition coefficient (Wildman–Crippen LogP) is 4.35. The van der Waals surface area contributed by atoms with Crippen molar-refractivity contribution in [3.05, 3.63) is 72.3 Å². The Kier molecular flexibility index (Phi) is 6.37. The van der Waals surface area contributed by atoms with Gasteiger partial charge >= 0.3 is 0 Å². The SMILES string of the molecule is COc1ccc(C(CNS(=O)(=O)c2ccc3ccccc3c2)N2CCCCC2)cc1. The zero-order valence-corrected chi connectivity index (χ0v) is 18.1. The van der Waals surface area contributed by atoms with E-state index in [1.165, 1.54) is 6.42 Å². The first-order valence-electron chi connectivity index (χ1n) is 10.4. The molecule has 1 heterocycles. The van der Waals surface area contributed by atoms with Crippen molar-refractivity contribution in [2.75, 3.05) is 26.7 Å². The molecule has 0 amide bonds. The first kappa shape index (κ1) is 20.8. The minimum Gasteiger partial charge on any atom is -0.497 e. The van der Waals surface area contributed by atoms with E-state index in [-0.39, 0.29) is 6.04 Å². The molecular weight excluding hydrogens is 396 g/mol. The van der Waals surface area contributed by atoms with Gasteiger partial charge in [0.05, 0.1) is 12.0 Å². The number of rotatable bonds is 7. The second kappa shape index (κ2) is 9.16. The Balaban J connectivity index is 1.56.